The van der Waals surface area contributed by atoms with Crippen LogP contribution in [-0.2, 0) is 4.74 Å². The number of carbonyl (C=O) groups excluding carboxylic acids is 1. The Morgan fingerprint density at radius 1 is 1.38 bits per heavy atom. The minimum absolute atomic E-state index is 0.269. The molecule has 2 aromatic heterocycles. The lowest BCUT2D eigenvalue weighted by Crippen LogP contribution is -2.06. The molecule has 0 radical (unpaired) electrons. The third-order valence-electron chi connectivity index (χ3n) is 3.24. The molecule has 5 nitrogen and oxygen atoms in total. The van der Waals surface area contributed by atoms with Gasteiger partial charge in [0.25, 0.3) is 0 Å². The fraction of sp³-hybridized carbons (Fsp3) is 0.188. The molecule has 24 heavy (non-hydrogen) atoms. The van der Waals surface area contributed by atoms with Gasteiger partial charge in [0.2, 0.25) is 5.76 Å². The number of halogens is 2. The van der Waals surface area contributed by atoms with Gasteiger partial charge in [-0.25, -0.2) is 9.78 Å². The van der Waals surface area contributed by atoms with E-state index in [-0.39, 0.29) is 12.2 Å². The fourth-order valence-corrected chi connectivity index (χ4v) is 3.55. The molecule has 0 atom stereocenters. The maximum atomic E-state index is 12.1. The molecule has 0 aliphatic heterocycles. The monoisotopic (exact) mass is 382 g/mol. The molecule has 0 amide bonds. The van der Waals surface area contributed by atoms with Gasteiger partial charge in [-0.15, -0.1) is 11.3 Å². The van der Waals surface area contributed by atoms with Crippen LogP contribution in [0, 0.1) is 6.92 Å². The zero-order chi connectivity index (χ0) is 17.3. The van der Waals surface area contributed by atoms with Crippen molar-refractivity contribution >= 4 is 40.5 Å². The van der Waals surface area contributed by atoms with Crippen molar-refractivity contribution in [3.63, 3.8) is 0 Å². The van der Waals surface area contributed by atoms with E-state index < -0.39 is 5.97 Å². The first-order chi connectivity index (χ1) is 11.5. The molecule has 0 spiro atoms. The van der Waals surface area contributed by atoms with Crippen LogP contribution in [0.15, 0.2) is 28.1 Å². The highest BCUT2D eigenvalue weighted by molar-refractivity contribution is 7.13. The summed E-state index contributed by atoms with van der Waals surface area (Å²) in [4.78, 5) is 16.6. The summed E-state index contributed by atoms with van der Waals surface area (Å²) >= 11 is 13.5. The number of esters is 1. The van der Waals surface area contributed by atoms with Crippen LogP contribution in [0.25, 0.3) is 22.0 Å². The molecule has 1 aromatic carbocycles. The Labute approximate surface area is 152 Å². The number of hydrogen-bond acceptors (Lipinski definition) is 6. The van der Waals surface area contributed by atoms with E-state index in [2.05, 4.69) is 10.1 Å². The molecule has 8 heteroatoms. The number of aryl methyl sites for hydroxylation is 1. The number of nitrogens with zero attached hydrogens (tertiary/aromatic N) is 2. The van der Waals surface area contributed by atoms with Crippen LogP contribution in [0.4, 0.5) is 0 Å². The summed E-state index contributed by atoms with van der Waals surface area (Å²) in [7, 11) is 0. The smallest absolute Gasteiger partial charge is 0.344 e. The third-order valence-corrected chi connectivity index (χ3v) is 4.66. The molecule has 0 aliphatic carbocycles. The van der Waals surface area contributed by atoms with Gasteiger partial charge in [-0.3, -0.25) is 0 Å². The maximum Gasteiger partial charge on any atom is 0.344 e. The molecule has 0 saturated heterocycles. The predicted molar refractivity (Wildman–Crippen MR) is 93.8 cm³/mol. The summed E-state index contributed by atoms with van der Waals surface area (Å²) in [5.41, 5.74) is 2.01. The van der Waals surface area contributed by atoms with Crippen LogP contribution >= 0.6 is 34.5 Å². The first-order valence-corrected chi connectivity index (χ1v) is 8.69. The van der Waals surface area contributed by atoms with Crippen molar-refractivity contribution in [3.05, 3.63) is 44.9 Å². The van der Waals surface area contributed by atoms with Crippen molar-refractivity contribution in [2.24, 2.45) is 0 Å². The second-order valence-corrected chi connectivity index (χ2v) is 6.56. The van der Waals surface area contributed by atoms with Gasteiger partial charge >= 0.3 is 5.97 Å². The summed E-state index contributed by atoms with van der Waals surface area (Å²) in [6, 6.07) is 5.19. The molecule has 0 fully saturated rings. The van der Waals surface area contributed by atoms with Crippen LogP contribution in [0.1, 0.15) is 23.0 Å². The Hall–Kier alpha value is -1.89. The molecule has 0 aliphatic rings. The molecule has 3 rings (SSSR count). The topological polar surface area (TPSA) is 65.2 Å². The van der Waals surface area contributed by atoms with Gasteiger partial charge in [0.1, 0.15) is 16.3 Å². The van der Waals surface area contributed by atoms with Crippen molar-refractivity contribution < 1.29 is 14.1 Å². The lowest BCUT2D eigenvalue weighted by Gasteiger charge is -2.01. The minimum atomic E-state index is -0.481. The molecule has 0 bridgehead atoms. The lowest BCUT2D eigenvalue weighted by molar-refractivity contribution is 0.0526. The summed E-state index contributed by atoms with van der Waals surface area (Å²) in [6.07, 6.45) is 0. The van der Waals surface area contributed by atoms with Crippen LogP contribution in [0.2, 0.25) is 10.0 Å². The number of hydrogen-bond donors (Lipinski definition) is 0. The standard InChI is InChI=1S/C16H12Cl2N2O3S/c1-3-22-16(21)13-8(2)20-23-14(13)12-7-24-15(19-12)10-5-4-9(17)6-11(10)18/h4-7H,3H2,1-2H3. The van der Waals surface area contributed by atoms with E-state index in [9.17, 15) is 4.79 Å². The zero-order valence-electron chi connectivity index (χ0n) is 12.8. The summed E-state index contributed by atoms with van der Waals surface area (Å²) in [5, 5.41) is 7.38. The Balaban J connectivity index is 2.01. The minimum Gasteiger partial charge on any atom is -0.462 e. The first-order valence-electron chi connectivity index (χ1n) is 7.06. The molecule has 2 heterocycles. The van der Waals surface area contributed by atoms with Crippen molar-refractivity contribution in [2.45, 2.75) is 13.8 Å². The maximum absolute atomic E-state index is 12.1. The van der Waals surface area contributed by atoms with Gasteiger partial charge in [0.15, 0.2) is 0 Å². The van der Waals surface area contributed by atoms with Gasteiger partial charge in [0, 0.05) is 16.0 Å². The molecule has 3 aromatic rings. The highest BCUT2D eigenvalue weighted by Gasteiger charge is 2.25. The number of thiazole rings is 1. The molecular weight excluding hydrogens is 371 g/mol. The van der Waals surface area contributed by atoms with Crippen LogP contribution in [0.5, 0.6) is 0 Å². The SMILES string of the molecule is CCOC(=O)c1c(C)noc1-c1csc(-c2ccc(Cl)cc2Cl)n1. The second kappa shape index (κ2) is 6.93. The van der Waals surface area contributed by atoms with Crippen LogP contribution in [0.3, 0.4) is 0 Å². The number of ether oxygens (including phenoxy) is 1. The van der Waals surface area contributed by atoms with Gasteiger partial charge in [-0.1, -0.05) is 28.4 Å². The summed E-state index contributed by atoms with van der Waals surface area (Å²) in [6.45, 7) is 3.69. The first kappa shape index (κ1) is 17.0. The third kappa shape index (κ3) is 3.17. The van der Waals surface area contributed by atoms with Crippen molar-refractivity contribution in [1.29, 1.82) is 0 Å². The van der Waals surface area contributed by atoms with Gasteiger partial charge in [0.05, 0.1) is 17.3 Å². The number of rotatable bonds is 4. The molecule has 124 valence electrons. The van der Waals surface area contributed by atoms with Crippen LogP contribution in [-0.4, -0.2) is 22.7 Å². The lowest BCUT2D eigenvalue weighted by atomic mass is 10.1. The largest absolute Gasteiger partial charge is 0.462 e. The van der Waals surface area contributed by atoms with E-state index in [1.165, 1.54) is 11.3 Å². The van der Waals surface area contributed by atoms with Gasteiger partial charge in [-0.05, 0) is 32.0 Å². The summed E-state index contributed by atoms with van der Waals surface area (Å²) in [5.74, 6) is -0.191. The van der Waals surface area contributed by atoms with E-state index in [4.69, 9.17) is 32.5 Å². The fourth-order valence-electron chi connectivity index (χ4n) is 2.15. The van der Waals surface area contributed by atoms with Crippen molar-refractivity contribution in [3.8, 4) is 22.0 Å². The molecule has 0 unspecified atom stereocenters. The molecule has 0 N–H and O–H groups in total. The Bertz CT molecular complexity index is 905. The van der Waals surface area contributed by atoms with E-state index >= 15 is 0 Å². The number of benzene rings is 1. The highest BCUT2D eigenvalue weighted by Crippen LogP contribution is 2.36. The van der Waals surface area contributed by atoms with E-state index in [0.29, 0.717) is 32.2 Å². The van der Waals surface area contributed by atoms with Crippen LogP contribution < -0.4 is 0 Å². The Kier molecular flexibility index (Phi) is 4.89. The number of aromatic nitrogens is 2. The normalized spacial score (nSPS) is 10.8. The Morgan fingerprint density at radius 3 is 2.88 bits per heavy atom. The van der Waals surface area contributed by atoms with E-state index in [1.807, 2.05) is 0 Å². The average Bonchev–Trinajstić information content (AvgIpc) is 3.14. The summed E-state index contributed by atoms with van der Waals surface area (Å²) < 4.78 is 10.3. The van der Waals surface area contributed by atoms with E-state index in [0.717, 1.165) is 5.56 Å². The molecular formula is C16H12Cl2N2O3S. The van der Waals surface area contributed by atoms with Crippen molar-refractivity contribution in [1.82, 2.24) is 10.1 Å². The average molecular weight is 383 g/mol. The predicted octanol–water partition coefficient (Wildman–Crippen LogP) is 5.26. The highest BCUT2D eigenvalue weighted by atomic mass is 35.5. The zero-order valence-corrected chi connectivity index (χ0v) is 15.1. The second-order valence-electron chi connectivity index (χ2n) is 4.85. The molecule has 0 saturated carbocycles. The Morgan fingerprint density at radius 2 is 2.17 bits per heavy atom. The number of carbonyl (C=O) groups is 1. The van der Waals surface area contributed by atoms with Gasteiger partial charge < -0.3 is 9.26 Å². The van der Waals surface area contributed by atoms with Crippen molar-refractivity contribution in [2.75, 3.05) is 6.61 Å². The van der Waals surface area contributed by atoms with Gasteiger partial charge in [-0.2, -0.15) is 0 Å². The quantitative estimate of drug-likeness (QED) is 0.575. The van der Waals surface area contributed by atoms with E-state index in [1.54, 1.807) is 37.4 Å².